The molecular weight excluding hydrogens is 181 g/mol. The molecule has 0 aliphatic rings. The van der Waals surface area contributed by atoms with Crippen molar-refractivity contribution in [2.24, 2.45) is 5.73 Å². The number of rotatable bonds is 3. The van der Waals surface area contributed by atoms with E-state index >= 15 is 0 Å². The molecule has 0 fully saturated rings. The van der Waals surface area contributed by atoms with Gasteiger partial charge in [0.05, 0.1) is 7.11 Å². The molecule has 3 heteroatoms. The lowest BCUT2D eigenvalue weighted by Gasteiger charge is -2.05. The van der Waals surface area contributed by atoms with Crippen LogP contribution in [0.5, 0.6) is 5.75 Å². The van der Waals surface area contributed by atoms with Crippen LogP contribution < -0.4 is 10.5 Å². The second-order valence-corrected chi connectivity index (χ2v) is 2.97. The topological polar surface area (TPSA) is 35.2 Å². The molecule has 0 spiro atoms. The lowest BCUT2D eigenvalue weighted by Crippen LogP contribution is -1.95. The summed E-state index contributed by atoms with van der Waals surface area (Å²) in [6.07, 6.45) is 1.85. The maximum atomic E-state index is 13.3. The van der Waals surface area contributed by atoms with Crippen molar-refractivity contribution in [2.75, 3.05) is 13.7 Å². The molecule has 0 aliphatic heterocycles. The van der Waals surface area contributed by atoms with Gasteiger partial charge < -0.3 is 10.5 Å². The van der Waals surface area contributed by atoms with E-state index in [1.54, 1.807) is 6.07 Å². The van der Waals surface area contributed by atoms with Crippen molar-refractivity contribution >= 4 is 5.57 Å². The van der Waals surface area contributed by atoms with Gasteiger partial charge in [-0.1, -0.05) is 12.1 Å². The molecule has 14 heavy (non-hydrogen) atoms. The molecule has 0 amide bonds. The first-order valence-corrected chi connectivity index (χ1v) is 4.39. The molecule has 1 rings (SSSR count). The molecule has 0 saturated heterocycles. The van der Waals surface area contributed by atoms with Gasteiger partial charge in [0.25, 0.3) is 0 Å². The Labute approximate surface area is 83.2 Å². The molecular formula is C11H14FNO. The zero-order valence-corrected chi connectivity index (χ0v) is 8.38. The fraction of sp³-hybridized carbons (Fsp3) is 0.273. The summed E-state index contributed by atoms with van der Waals surface area (Å²) in [4.78, 5) is 0. The van der Waals surface area contributed by atoms with Gasteiger partial charge in [-0.3, -0.25) is 0 Å². The summed E-state index contributed by atoms with van der Waals surface area (Å²) in [5.41, 5.74) is 7.16. The third kappa shape index (κ3) is 2.33. The molecule has 0 heterocycles. The predicted molar refractivity (Wildman–Crippen MR) is 55.7 cm³/mol. The van der Waals surface area contributed by atoms with Crippen LogP contribution in [-0.2, 0) is 0 Å². The largest absolute Gasteiger partial charge is 0.494 e. The lowest BCUT2D eigenvalue weighted by molar-refractivity contribution is 0.386. The summed E-state index contributed by atoms with van der Waals surface area (Å²) >= 11 is 0. The average Bonchev–Trinajstić information content (AvgIpc) is 2.18. The van der Waals surface area contributed by atoms with Crippen molar-refractivity contribution in [1.29, 1.82) is 0 Å². The van der Waals surface area contributed by atoms with Gasteiger partial charge in [0, 0.05) is 6.54 Å². The Bertz CT molecular complexity index is 347. The summed E-state index contributed by atoms with van der Waals surface area (Å²) in [6, 6.07) is 4.86. The average molecular weight is 195 g/mol. The van der Waals surface area contributed by atoms with Crippen LogP contribution in [0.1, 0.15) is 12.5 Å². The van der Waals surface area contributed by atoms with Crippen molar-refractivity contribution in [3.8, 4) is 5.75 Å². The lowest BCUT2D eigenvalue weighted by atomic mass is 10.1. The molecule has 1 aromatic rings. The third-order valence-electron chi connectivity index (χ3n) is 2.03. The second-order valence-electron chi connectivity index (χ2n) is 2.97. The highest BCUT2D eigenvalue weighted by atomic mass is 19.1. The highest BCUT2D eigenvalue weighted by Gasteiger charge is 2.03. The van der Waals surface area contributed by atoms with Gasteiger partial charge in [-0.2, -0.15) is 0 Å². The summed E-state index contributed by atoms with van der Waals surface area (Å²) in [5, 5.41) is 0. The number of allylic oxidation sites excluding steroid dienone is 1. The van der Waals surface area contributed by atoms with Crippen LogP contribution in [0.2, 0.25) is 0 Å². The summed E-state index contributed by atoms with van der Waals surface area (Å²) in [6.45, 7) is 2.35. The van der Waals surface area contributed by atoms with E-state index in [1.165, 1.54) is 13.2 Å². The maximum absolute atomic E-state index is 13.3. The zero-order chi connectivity index (χ0) is 10.6. The van der Waals surface area contributed by atoms with Gasteiger partial charge in [0.1, 0.15) is 0 Å². The van der Waals surface area contributed by atoms with Crippen LogP contribution in [0, 0.1) is 5.82 Å². The molecule has 0 atom stereocenters. The predicted octanol–water partition coefficient (Wildman–Crippen LogP) is 2.20. The molecule has 0 saturated carbocycles. The van der Waals surface area contributed by atoms with Crippen molar-refractivity contribution < 1.29 is 9.13 Å². The van der Waals surface area contributed by atoms with Crippen LogP contribution in [0.25, 0.3) is 5.57 Å². The molecule has 76 valence electrons. The molecule has 1 aromatic carbocycles. The monoisotopic (exact) mass is 195 g/mol. The molecule has 0 unspecified atom stereocenters. The van der Waals surface area contributed by atoms with Crippen molar-refractivity contribution in [3.05, 3.63) is 35.7 Å². The number of benzene rings is 1. The van der Waals surface area contributed by atoms with Gasteiger partial charge in [0.15, 0.2) is 11.6 Å². The Morgan fingerprint density at radius 1 is 1.57 bits per heavy atom. The Hall–Kier alpha value is -1.35. The van der Waals surface area contributed by atoms with E-state index in [-0.39, 0.29) is 11.6 Å². The first-order chi connectivity index (χ1) is 6.69. The van der Waals surface area contributed by atoms with Crippen molar-refractivity contribution in [3.63, 3.8) is 0 Å². The second kappa shape index (κ2) is 4.77. The minimum Gasteiger partial charge on any atom is -0.494 e. The number of methoxy groups -OCH3 is 1. The molecule has 2 N–H and O–H groups in total. The van der Waals surface area contributed by atoms with E-state index in [0.717, 1.165) is 11.1 Å². The maximum Gasteiger partial charge on any atom is 0.165 e. The van der Waals surface area contributed by atoms with Gasteiger partial charge in [-0.25, -0.2) is 4.39 Å². The minimum absolute atomic E-state index is 0.259. The molecule has 0 aromatic heterocycles. The van der Waals surface area contributed by atoms with Gasteiger partial charge in [0.2, 0.25) is 0 Å². The first-order valence-electron chi connectivity index (χ1n) is 4.39. The highest BCUT2D eigenvalue weighted by Crippen LogP contribution is 2.21. The van der Waals surface area contributed by atoms with Crippen molar-refractivity contribution in [1.82, 2.24) is 0 Å². The van der Waals surface area contributed by atoms with Crippen LogP contribution >= 0.6 is 0 Å². The normalized spacial score (nSPS) is 11.6. The fourth-order valence-electron chi connectivity index (χ4n) is 1.21. The summed E-state index contributed by atoms with van der Waals surface area (Å²) in [5.74, 6) is -0.0935. The van der Waals surface area contributed by atoms with Crippen molar-refractivity contribution in [2.45, 2.75) is 6.92 Å². The molecule has 0 bridgehead atoms. The molecule has 0 radical (unpaired) electrons. The Balaban J connectivity index is 3.02. The number of hydrogen-bond acceptors (Lipinski definition) is 2. The smallest absolute Gasteiger partial charge is 0.165 e. The fourth-order valence-corrected chi connectivity index (χ4v) is 1.21. The summed E-state index contributed by atoms with van der Waals surface area (Å²) in [7, 11) is 1.45. The van der Waals surface area contributed by atoms with Crippen LogP contribution in [0.3, 0.4) is 0 Å². The van der Waals surface area contributed by atoms with Crippen LogP contribution in [-0.4, -0.2) is 13.7 Å². The molecule has 2 nitrogen and oxygen atoms in total. The zero-order valence-electron chi connectivity index (χ0n) is 8.38. The number of hydrogen-bond donors (Lipinski definition) is 1. The Kier molecular flexibility index (Phi) is 3.65. The van der Waals surface area contributed by atoms with E-state index in [9.17, 15) is 4.39 Å². The molecule has 0 aliphatic carbocycles. The standard InChI is InChI=1S/C11H14FNO/c1-8(5-6-13)9-3-4-11(14-2)10(12)7-9/h3-5,7H,6,13H2,1-2H3. The number of ether oxygens (including phenoxy) is 1. The Morgan fingerprint density at radius 3 is 2.79 bits per heavy atom. The van der Waals surface area contributed by atoms with E-state index in [2.05, 4.69) is 0 Å². The van der Waals surface area contributed by atoms with E-state index in [4.69, 9.17) is 10.5 Å². The van der Waals surface area contributed by atoms with E-state index in [0.29, 0.717) is 6.54 Å². The van der Waals surface area contributed by atoms with Crippen LogP contribution in [0.4, 0.5) is 4.39 Å². The third-order valence-corrected chi connectivity index (χ3v) is 2.03. The SMILES string of the molecule is COc1ccc(C(C)=CCN)cc1F. The van der Waals surface area contributed by atoms with Crippen LogP contribution in [0.15, 0.2) is 24.3 Å². The first kappa shape index (κ1) is 10.7. The minimum atomic E-state index is -0.352. The Morgan fingerprint density at radius 2 is 2.29 bits per heavy atom. The summed E-state index contributed by atoms with van der Waals surface area (Å²) < 4.78 is 18.1. The van der Waals surface area contributed by atoms with Gasteiger partial charge >= 0.3 is 0 Å². The highest BCUT2D eigenvalue weighted by molar-refractivity contribution is 5.64. The van der Waals surface area contributed by atoms with E-state index in [1.807, 2.05) is 19.1 Å². The number of nitrogens with two attached hydrogens (primary N) is 1. The quantitative estimate of drug-likeness (QED) is 0.802. The number of halogens is 1. The van der Waals surface area contributed by atoms with E-state index < -0.39 is 0 Å². The van der Waals surface area contributed by atoms with Gasteiger partial charge in [-0.15, -0.1) is 0 Å². The van der Waals surface area contributed by atoms with Gasteiger partial charge in [-0.05, 0) is 30.2 Å².